The van der Waals surface area contributed by atoms with Gasteiger partial charge >= 0.3 is 12.1 Å². The van der Waals surface area contributed by atoms with Gasteiger partial charge in [-0.3, -0.25) is 4.79 Å². The van der Waals surface area contributed by atoms with Crippen LogP contribution in [0.5, 0.6) is 0 Å². The van der Waals surface area contributed by atoms with Crippen LogP contribution in [-0.2, 0) is 14.3 Å². The largest absolute Gasteiger partial charge is 0.466 e. The number of rotatable bonds is 3. The van der Waals surface area contributed by atoms with Gasteiger partial charge in [-0.25, -0.2) is 4.79 Å². The second-order valence-electron chi connectivity index (χ2n) is 6.39. The quantitative estimate of drug-likeness (QED) is 0.761. The maximum atomic E-state index is 12.0. The van der Waals surface area contributed by atoms with Crippen LogP contribution in [-0.4, -0.2) is 41.5 Å². The van der Waals surface area contributed by atoms with Gasteiger partial charge in [0.25, 0.3) is 0 Å². The summed E-state index contributed by atoms with van der Waals surface area (Å²) in [6, 6.07) is 1.41. The summed E-state index contributed by atoms with van der Waals surface area (Å²) in [6.07, 6.45) is -1.30. The van der Waals surface area contributed by atoms with Crippen molar-refractivity contribution in [2.45, 2.75) is 58.3 Å². The Kier molecular flexibility index (Phi) is 6.18. The maximum Gasteiger partial charge on any atom is 0.407 e. The first-order valence-corrected chi connectivity index (χ1v) is 7.41. The van der Waals surface area contributed by atoms with Gasteiger partial charge in [-0.05, 0) is 40.5 Å². The van der Waals surface area contributed by atoms with E-state index in [2.05, 4.69) is 5.32 Å². The molecule has 1 rings (SSSR count). The Morgan fingerprint density at radius 1 is 1.36 bits per heavy atom. The average Bonchev–Trinajstić information content (AvgIpc) is 2.38. The lowest BCUT2D eigenvalue weighted by molar-refractivity contribution is -0.152. The van der Waals surface area contributed by atoms with E-state index in [0.717, 1.165) is 0 Å². The van der Waals surface area contributed by atoms with Crippen LogP contribution in [0.1, 0.15) is 40.5 Å². The number of alkyl carbamates (subject to hydrolysis) is 1. The van der Waals surface area contributed by atoms with Crippen LogP contribution in [0.4, 0.5) is 4.79 Å². The van der Waals surface area contributed by atoms with E-state index in [0.29, 0.717) is 0 Å². The third-order valence-corrected chi connectivity index (χ3v) is 3.41. The Hall–Kier alpha value is -1.81. The van der Waals surface area contributed by atoms with Gasteiger partial charge in [0.1, 0.15) is 5.60 Å². The Morgan fingerprint density at radius 3 is 2.50 bits per heavy atom. The molecule has 0 aromatic rings. The van der Waals surface area contributed by atoms with Gasteiger partial charge in [-0.15, -0.1) is 0 Å². The Labute approximate surface area is 130 Å². The molecular formula is C15H24N2O5. The normalized spacial score (nSPS) is 28.4. The first kappa shape index (κ1) is 18.2. The zero-order valence-corrected chi connectivity index (χ0v) is 13.5. The molecule has 0 spiro atoms. The van der Waals surface area contributed by atoms with Crippen LogP contribution in [0.15, 0.2) is 0 Å². The van der Waals surface area contributed by atoms with Gasteiger partial charge in [0, 0.05) is 6.04 Å². The lowest BCUT2D eigenvalue weighted by Crippen LogP contribution is -2.51. The van der Waals surface area contributed by atoms with Crippen molar-refractivity contribution in [3.63, 3.8) is 0 Å². The molecule has 0 aromatic carbocycles. The van der Waals surface area contributed by atoms with Gasteiger partial charge in [0.2, 0.25) is 0 Å². The second-order valence-corrected chi connectivity index (χ2v) is 6.39. The molecule has 0 aliphatic heterocycles. The SMILES string of the molecule is CCOC(=O)[C@H]1C[C@@H](O)[C@H](C#N)C[C@H]1NC(=O)OC(C)(C)C. The van der Waals surface area contributed by atoms with Gasteiger partial charge in [-0.1, -0.05) is 0 Å². The van der Waals surface area contributed by atoms with E-state index in [4.69, 9.17) is 14.7 Å². The first-order valence-electron chi connectivity index (χ1n) is 7.41. The summed E-state index contributed by atoms with van der Waals surface area (Å²) in [5.74, 6) is -1.81. The molecule has 0 saturated heterocycles. The number of hydrogen-bond donors (Lipinski definition) is 2. The number of nitrogens with zero attached hydrogens (tertiary/aromatic N) is 1. The molecular weight excluding hydrogens is 288 g/mol. The smallest absolute Gasteiger partial charge is 0.407 e. The minimum absolute atomic E-state index is 0.0809. The summed E-state index contributed by atoms with van der Waals surface area (Å²) in [5.41, 5.74) is -0.660. The van der Waals surface area contributed by atoms with E-state index < -0.39 is 41.6 Å². The van der Waals surface area contributed by atoms with Crippen molar-refractivity contribution in [3.8, 4) is 6.07 Å². The Morgan fingerprint density at radius 2 is 2.00 bits per heavy atom. The molecule has 1 saturated carbocycles. The van der Waals surface area contributed by atoms with Crippen molar-refractivity contribution in [1.82, 2.24) is 5.32 Å². The molecule has 1 aliphatic rings. The zero-order chi connectivity index (χ0) is 16.9. The summed E-state index contributed by atoms with van der Waals surface area (Å²) in [4.78, 5) is 23.9. The summed E-state index contributed by atoms with van der Waals surface area (Å²) in [6.45, 7) is 7.10. The topological polar surface area (TPSA) is 109 Å². The highest BCUT2D eigenvalue weighted by Crippen LogP contribution is 2.30. The number of carbonyl (C=O) groups is 2. The van der Waals surface area contributed by atoms with E-state index in [1.165, 1.54) is 0 Å². The number of nitriles is 1. The van der Waals surface area contributed by atoms with Crippen LogP contribution in [0.2, 0.25) is 0 Å². The number of carbonyl (C=O) groups excluding carboxylic acids is 2. The van der Waals surface area contributed by atoms with E-state index in [1.54, 1.807) is 27.7 Å². The number of amides is 1. The highest BCUT2D eigenvalue weighted by atomic mass is 16.6. The van der Waals surface area contributed by atoms with E-state index in [1.807, 2.05) is 6.07 Å². The first-order chi connectivity index (χ1) is 10.2. The highest BCUT2D eigenvalue weighted by molar-refractivity contribution is 5.75. The average molecular weight is 312 g/mol. The number of aliphatic hydroxyl groups excluding tert-OH is 1. The standard InChI is InChI=1S/C15H24N2O5/c1-5-21-13(19)10-7-12(18)9(8-16)6-11(10)17-14(20)22-15(2,3)4/h9-12,18H,5-7H2,1-4H3,(H,17,20)/t9-,10-,11+,12+/m0/s1. The third-order valence-electron chi connectivity index (χ3n) is 3.41. The molecule has 1 aliphatic carbocycles. The molecule has 2 N–H and O–H groups in total. The molecule has 1 amide bonds. The summed E-state index contributed by atoms with van der Waals surface area (Å²) < 4.78 is 10.2. The third kappa shape index (κ3) is 5.19. The molecule has 22 heavy (non-hydrogen) atoms. The Bertz CT molecular complexity index is 452. The van der Waals surface area contributed by atoms with Gasteiger partial charge in [-0.2, -0.15) is 5.26 Å². The molecule has 124 valence electrons. The van der Waals surface area contributed by atoms with Crippen LogP contribution in [0.3, 0.4) is 0 Å². The summed E-state index contributed by atoms with van der Waals surface area (Å²) in [5, 5.41) is 21.6. The van der Waals surface area contributed by atoms with Gasteiger partial charge in [0.05, 0.1) is 30.6 Å². The van der Waals surface area contributed by atoms with Crippen LogP contribution in [0.25, 0.3) is 0 Å². The van der Waals surface area contributed by atoms with Gasteiger partial charge in [0.15, 0.2) is 0 Å². The van der Waals surface area contributed by atoms with Crippen molar-refractivity contribution in [1.29, 1.82) is 5.26 Å². The number of esters is 1. The fourth-order valence-electron chi connectivity index (χ4n) is 2.45. The number of hydrogen-bond acceptors (Lipinski definition) is 6. The molecule has 1 fully saturated rings. The van der Waals surface area contributed by atoms with Crippen LogP contribution < -0.4 is 5.32 Å². The fraction of sp³-hybridized carbons (Fsp3) is 0.800. The van der Waals surface area contributed by atoms with Gasteiger partial charge < -0.3 is 19.9 Å². The molecule has 0 unspecified atom stereocenters. The van der Waals surface area contributed by atoms with E-state index in [-0.39, 0.29) is 19.4 Å². The second kappa shape index (κ2) is 7.45. The predicted octanol–water partition coefficient (Wildman–Crippen LogP) is 1.35. The molecule has 4 atom stereocenters. The van der Waals surface area contributed by atoms with Crippen molar-refractivity contribution in [2.75, 3.05) is 6.61 Å². The van der Waals surface area contributed by atoms with Crippen LogP contribution in [0, 0.1) is 23.2 Å². The molecule has 7 nitrogen and oxygen atoms in total. The lowest BCUT2D eigenvalue weighted by Gasteiger charge is -2.36. The van der Waals surface area contributed by atoms with E-state index >= 15 is 0 Å². The number of nitrogens with one attached hydrogen (secondary N) is 1. The molecule has 0 radical (unpaired) electrons. The number of aliphatic hydroxyl groups is 1. The van der Waals surface area contributed by atoms with Crippen molar-refractivity contribution >= 4 is 12.1 Å². The summed E-state index contributed by atoms with van der Waals surface area (Å²) >= 11 is 0. The minimum Gasteiger partial charge on any atom is -0.466 e. The fourth-order valence-corrected chi connectivity index (χ4v) is 2.45. The number of ether oxygens (including phenoxy) is 2. The minimum atomic E-state index is -0.906. The highest BCUT2D eigenvalue weighted by Gasteiger charge is 2.42. The molecule has 0 aromatic heterocycles. The Balaban J connectivity index is 2.82. The zero-order valence-electron chi connectivity index (χ0n) is 13.5. The van der Waals surface area contributed by atoms with Crippen molar-refractivity contribution in [3.05, 3.63) is 0 Å². The molecule has 7 heteroatoms. The monoisotopic (exact) mass is 312 g/mol. The predicted molar refractivity (Wildman–Crippen MR) is 77.6 cm³/mol. The molecule has 0 heterocycles. The maximum absolute atomic E-state index is 12.0. The van der Waals surface area contributed by atoms with Crippen molar-refractivity contribution < 1.29 is 24.2 Å². The van der Waals surface area contributed by atoms with Crippen molar-refractivity contribution in [2.24, 2.45) is 11.8 Å². The van der Waals surface area contributed by atoms with Crippen LogP contribution >= 0.6 is 0 Å². The lowest BCUT2D eigenvalue weighted by atomic mass is 9.77. The summed E-state index contributed by atoms with van der Waals surface area (Å²) in [7, 11) is 0. The molecule has 0 bridgehead atoms. The van der Waals surface area contributed by atoms with E-state index in [9.17, 15) is 14.7 Å².